The largest absolute Gasteiger partial charge is 0.507 e. The average molecular weight is 396 g/mol. The van der Waals surface area contributed by atoms with Gasteiger partial charge in [-0.2, -0.15) is 0 Å². The number of phenolic OH excluding ortho intramolecular Hbond substituents is 1. The van der Waals surface area contributed by atoms with Gasteiger partial charge in [-0.15, -0.1) is 0 Å². The molecule has 1 fully saturated rings. The molecule has 9 heteroatoms. The third-order valence-corrected chi connectivity index (χ3v) is 5.01. The summed E-state index contributed by atoms with van der Waals surface area (Å²) in [6.45, 7) is 2.51. The third-order valence-electron chi connectivity index (χ3n) is 5.01. The van der Waals surface area contributed by atoms with Gasteiger partial charge in [-0.25, -0.2) is 0 Å². The Bertz CT molecular complexity index is 920. The molecule has 9 nitrogen and oxygen atoms in total. The lowest BCUT2D eigenvalue weighted by atomic mass is 9.84. The minimum Gasteiger partial charge on any atom is -0.507 e. The normalized spacial score (nSPS) is 29.2. The number of ether oxygens (including phenoxy) is 1. The predicted octanol–water partition coefficient (Wildman–Crippen LogP) is -0.550. The van der Waals surface area contributed by atoms with E-state index in [1.165, 1.54) is 19.1 Å². The minimum atomic E-state index is -1.77. The number of rotatable bonds is 4. The molecule has 28 heavy (non-hydrogen) atoms. The Morgan fingerprint density at radius 3 is 2.46 bits per heavy atom. The summed E-state index contributed by atoms with van der Waals surface area (Å²) in [7, 11) is 0. The molecule has 0 saturated carbocycles. The van der Waals surface area contributed by atoms with Gasteiger partial charge in [0.05, 0.1) is 29.8 Å². The maximum absolute atomic E-state index is 12.6. The van der Waals surface area contributed by atoms with Crippen LogP contribution in [-0.4, -0.2) is 61.8 Å². The van der Waals surface area contributed by atoms with Gasteiger partial charge in [0.25, 0.3) is 0 Å². The van der Waals surface area contributed by atoms with Crippen molar-refractivity contribution < 1.29 is 39.8 Å². The van der Waals surface area contributed by atoms with E-state index in [0.29, 0.717) is 5.56 Å². The number of hydrogen-bond donors (Lipinski definition) is 6. The van der Waals surface area contributed by atoms with Crippen LogP contribution in [0, 0.1) is 12.8 Å². The monoisotopic (exact) mass is 396 g/mol. The van der Waals surface area contributed by atoms with Crippen LogP contribution in [0.3, 0.4) is 0 Å². The number of fused-ring (bicyclic) bond motifs is 1. The molecule has 0 amide bonds. The van der Waals surface area contributed by atoms with Crippen LogP contribution >= 0.6 is 0 Å². The fourth-order valence-corrected chi connectivity index (χ4v) is 3.66. The highest BCUT2D eigenvalue weighted by Gasteiger charge is 2.46. The summed E-state index contributed by atoms with van der Waals surface area (Å²) in [5.41, 5.74) is -0.0201. The zero-order valence-electron chi connectivity index (χ0n) is 15.4. The lowest BCUT2D eigenvalue weighted by molar-refractivity contribution is -0.275. The molecule has 1 aliphatic heterocycles. The average Bonchev–Trinajstić information content (AvgIpc) is 2.58. The first-order valence-electron chi connectivity index (χ1n) is 8.93. The van der Waals surface area contributed by atoms with Gasteiger partial charge >= 0.3 is 0 Å². The van der Waals surface area contributed by atoms with E-state index in [-0.39, 0.29) is 34.5 Å². The first-order chi connectivity index (χ1) is 13.1. The van der Waals surface area contributed by atoms with Gasteiger partial charge in [-0.05, 0) is 25.5 Å². The van der Waals surface area contributed by atoms with Gasteiger partial charge in [0.1, 0.15) is 29.3 Å². The van der Waals surface area contributed by atoms with E-state index >= 15 is 0 Å². The number of aliphatic hydroxyl groups excluding tert-OH is 5. The van der Waals surface area contributed by atoms with Crippen molar-refractivity contribution in [2.24, 2.45) is 5.92 Å². The van der Waals surface area contributed by atoms with Crippen LogP contribution in [0.15, 0.2) is 21.3 Å². The minimum absolute atomic E-state index is 0.0279. The summed E-state index contributed by atoms with van der Waals surface area (Å²) < 4.78 is 11.1. The first-order valence-corrected chi connectivity index (χ1v) is 8.93. The van der Waals surface area contributed by atoms with Crippen molar-refractivity contribution in [3.05, 3.63) is 39.2 Å². The lowest BCUT2D eigenvalue weighted by Crippen LogP contribution is -2.52. The molecule has 154 valence electrons. The summed E-state index contributed by atoms with van der Waals surface area (Å²) in [4.78, 5) is 12.6. The Morgan fingerprint density at radius 1 is 1.18 bits per heavy atom. The SMILES string of the molecule is Cc1cc(O)c(C2OC(O)C(O)C(O)C2CO)c2oc(CC(C)O)cc(=O)c12. The number of aromatic hydroxyl groups is 1. The highest BCUT2D eigenvalue weighted by atomic mass is 16.6. The van der Waals surface area contributed by atoms with Crippen molar-refractivity contribution in [3.63, 3.8) is 0 Å². The van der Waals surface area contributed by atoms with Gasteiger partial charge in [0.15, 0.2) is 11.7 Å². The second kappa shape index (κ2) is 7.78. The molecule has 6 unspecified atom stereocenters. The van der Waals surface area contributed by atoms with Crippen molar-refractivity contribution in [1.82, 2.24) is 0 Å². The fraction of sp³-hybridized carbons (Fsp3) is 0.526. The quantitative estimate of drug-likeness (QED) is 0.398. The highest BCUT2D eigenvalue weighted by Crippen LogP contribution is 2.43. The van der Waals surface area contributed by atoms with Gasteiger partial charge < -0.3 is 39.8 Å². The van der Waals surface area contributed by atoms with Crippen molar-refractivity contribution in [2.75, 3.05) is 6.61 Å². The van der Waals surface area contributed by atoms with Crippen LogP contribution in [0.4, 0.5) is 0 Å². The Morgan fingerprint density at radius 2 is 1.86 bits per heavy atom. The Balaban J connectivity index is 2.27. The Hall–Kier alpha value is -2.01. The van der Waals surface area contributed by atoms with Gasteiger partial charge in [0, 0.05) is 18.4 Å². The van der Waals surface area contributed by atoms with Crippen LogP contribution in [0.25, 0.3) is 11.0 Å². The maximum Gasteiger partial charge on any atom is 0.193 e. The zero-order valence-corrected chi connectivity index (χ0v) is 15.4. The Labute approximate surface area is 160 Å². The van der Waals surface area contributed by atoms with E-state index in [0.717, 1.165) is 0 Å². The van der Waals surface area contributed by atoms with Crippen molar-refractivity contribution in [3.8, 4) is 5.75 Å². The number of benzene rings is 1. The summed E-state index contributed by atoms with van der Waals surface area (Å²) >= 11 is 0. The second-order valence-corrected chi connectivity index (χ2v) is 7.24. The zero-order chi connectivity index (χ0) is 20.7. The predicted molar refractivity (Wildman–Crippen MR) is 96.7 cm³/mol. The van der Waals surface area contributed by atoms with E-state index in [1.54, 1.807) is 6.92 Å². The first kappa shape index (κ1) is 20.7. The van der Waals surface area contributed by atoms with Crippen LogP contribution in [0.2, 0.25) is 0 Å². The Kier molecular flexibility index (Phi) is 5.76. The molecule has 1 saturated heterocycles. The smallest absolute Gasteiger partial charge is 0.193 e. The second-order valence-electron chi connectivity index (χ2n) is 7.24. The third kappa shape index (κ3) is 3.52. The topological polar surface area (TPSA) is 161 Å². The number of aryl methyl sites for hydroxylation is 1. The molecule has 1 aromatic carbocycles. The molecule has 6 N–H and O–H groups in total. The summed E-state index contributed by atoms with van der Waals surface area (Å²) in [6.07, 6.45) is -6.94. The van der Waals surface area contributed by atoms with E-state index in [4.69, 9.17) is 9.15 Å². The van der Waals surface area contributed by atoms with E-state index in [9.17, 15) is 35.4 Å². The van der Waals surface area contributed by atoms with Crippen molar-refractivity contribution in [1.29, 1.82) is 0 Å². The van der Waals surface area contributed by atoms with Gasteiger partial charge in [0.2, 0.25) is 0 Å². The molecule has 1 aliphatic rings. The summed E-state index contributed by atoms with van der Waals surface area (Å²) in [5, 5.41) is 60.0. The standard InChI is InChI=1S/C19H24O9/c1-7-3-11(22)14(17-10(6-20)15(24)16(25)19(26)28-17)18-13(7)12(23)5-9(27-18)4-8(2)21/h3,5,8,10,15-17,19-22,24-26H,4,6H2,1-2H3. The van der Waals surface area contributed by atoms with Crippen molar-refractivity contribution in [2.45, 2.75) is 51.0 Å². The highest BCUT2D eigenvalue weighted by molar-refractivity contribution is 5.86. The van der Waals surface area contributed by atoms with Crippen LogP contribution < -0.4 is 5.43 Å². The van der Waals surface area contributed by atoms with E-state index in [1.807, 2.05) is 0 Å². The lowest BCUT2D eigenvalue weighted by Gasteiger charge is -2.40. The van der Waals surface area contributed by atoms with E-state index in [2.05, 4.69) is 0 Å². The molecule has 0 radical (unpaired) electrons. The molecular formula is C19H24O9. The van der Waals surface area contributed by atoms with Crippen LogP contribution in [0.5, 0.6) is 5.75 Å². The maximum atomic E-state index is 12.6. The number of aliphatic hydroxyl groups is 5. The molecule has 2 heterocycles. The van der Waals surface area contributed by atoms with E-state index < -0.39 is 48.7 Å². The molecule has 0 bridgehead atoms. The summed E-state index contributed by atoms with van der Waals surface area (Å²) in [6, 6.07) is 2.58. The van der Waals surface area contributed by atoms with Gasteiger partial charge in [-0.3, -0.25) is 4.79 Å². The summed E-state index contributed by atoms with van der Waals surface area (Å²) in [5.74, 6) is -1.24. The molecule has 6 atom stereocenters. The van der Waals surface area contributed by atoms with Crippen LogP contribution in [0.1, 0.15) is 29.9 Å². The van der Waals surface area contributed by atoms with Gasteiger partial charge in [-0.1, -0.05) is 0 Å². The van der Waals surface area contributed by atoms with Crippen LogP contribution in [-0.2, 0) is 11.2 Å². The molecular weight excluding hydrogens is 372 g/mol. The molecule has 0 aliphatic carbocycles. The molecule has 3 rings (SSSR count). The molecule has 1 aromatic heterocycles. The van der Waals surface area contributed by atoms with Crippen molar-refractivity contribution >= 4 is 11.0 Å². The number of phenols is 1. The molecule has 2 aromatic rings. The molecule has 0 spiro atoms. The number of hydrogen-bond acceptors (Lipinski definition) is 9. The fourth-order valence-electron chi connectivity index (χ4n) is 3.66.